The maximum absolute atomic E-state index is 15.7. The van der Waals surface area contributed by atoms with Crippen molar-refractivity contribution in [3.05, 3.63) is 105 Å². The van der Waals surface area contributed by atoms with Gasteiger partial charge in [-0.25, -0.2) is 9.59 Å². The number of benzene rings is 2. The van der Waals surface area contributed by atoms with Crippen molar-refractivity contribution in [2.45, 2.75) is 24.0 Å². The monoisotopic (exact) mass is 622 g/mol. The van der Waals surface area contributed by atoms with Crippen LogP contribution in [0, 0.1) is 0 Å². The summed E-state index contributed by atoms with van der Waals surface area (Å²) in [5.74, 6) is -5.86. The summed E-state index contributed by atoms with van der Waals surface area (Å²) in [5, 5.41) is 5.80. The molecule has 0 unspecified atom stereocenters. The minimum atomic E-state index is -4.02. The van der Waals surface area contributed by atoms with Gasteiger partial charge in [-0.15, -0.1) is 0 Å². The second-order valence-electron chi connectivity index (χ2n) is 7.79. The highest BCUT2D eigenvalue weighted by atomic mass is 127. The standard InChI is InChI=1S/C23H17F2IN6O5/c24-23(25)19(36-18(34)15-9-5-2-6-10-15)22(13-26,30-31-27)37-20(23)32-12-11-16(29-21(32)35)28-17(33)14-7-3-1-4-8-14/h1-12,19-20H,13H2,(H,28,29,33,35)/t19-,20-,22-/m1/s1. The Morgan fingerprint density at radius 3 is 2.32 bits per heavy atom. The van der Waals surface area contributed by atoms with Crippen LogP contribution in [-0.2, 0) is 9.47 Å². The van der Waals surface area contributed by atoms with Crippen LogP contribution in [-0.4, -0.2) is 43.6 Å². The summed E-state index contributed by atoms with van der Waals surface area (Å²) in [6.07, 6.45) is -3.75. The molecule has 1 saturated heterocycles. The number of hydrogen-bond donors (Lipinski definition) is 1. The third-order valence-corrected chi connectivity index (χ3v) is 6.50. The van der Waals surface area contributed by atoms with Crippen LogP contribution in [0.2, 0.25) is 0 Å². The molecule has 1 aliphatic heterocycles. The lowest BCUT2D eigenvalue weighted by atomic mass is 10.1. The summed E-state index contributed by atoms with van der Waals surface area (Å²) < 4.78 is 42.1. The summed E-state index contributed by atoms with van der Waals surface area (Å²) >= 11 is 1.66. The first kappa shape index (κ1) is 26.2. The van der Waals surface area contributed by atoms with E-state index in [0.717, 1.165) is 12.3 Å². The molecule has 1 N–H and O–H groups in total. The number of carbonyl (C=O) groups is 2. The van der Waals surface area contributed by atoms with E-state index in [9.17, 15) is 14.4 Å². The molecule has 0 bridgehead atoms. The Hall–Kier alpha value is -3.88. The number of anilines is 1. The smallest absolute Gasteiger partial charge is 0.351 e. The number of nitrogens with one attached hydrogen (secondary N) is 1. The topological polar surface area (TPSA) is 148 Å². The average molecular weight is 622 g/mol. The summed E-state index contributed by atoms with van der Waals surface area (Å²) in [4.78, 5) is 43.9. The number of amides is 1. The van der Waals surface area contributed by atoms with Gasteiger partial charge in [-0.2, -0.15) is 13.8 Å². The van der Waals surface area contributed by atoms with E-state index in [2.05, 4.69) is 20.3 Å². The number of nitrogens with zero attached hydrogens (tertiary/aromatic N) is 5. The summed E-state index contributed by atoms with van der Waals surface area (Å²) in [7, 11) is 0. The predicted octanol–water partition coefficient (Wildman–Crippen LogP) is 4.33. The number of azide groups is 1. The lowest BCUT2D eigenvalue weighted by molar-refractivity contribution is -0.143. The van der Waals surface area contributed by atoms with E-state index in [1.165, 1.54) is 24.3 Å². The molecule has 0 radical (unpaired) electrons. The zero-order valence-electron chi connectivity index (χ0n) is 18.7. The number of halogens is 3. The Labute approximate surface area is 221 Å². The van der Waals surface area contributed by atoms with E-state index in [-0.39, 0.29) is 15.8 Å². The Morgan fingerprint density at radius 1 is 1.14 bits per heavy atom. The van der Waals surface area contributed by atoms with Gasteiger partial charge in [0.1, 0.15) is 5.82 Å². The molecule has 1 fully saturated rings. The maximum atomic E-state index is 15.7. The van der Waals surface area contributed by atoms with Crippen LogP contribution in [0.15, 0.2) is 82.8 Å². The van der Waals surface area contributed by atoms with Crippen molar-refractivity contribution in [1.29, 1.82) is 0 Å². The minimum absolute atomic E-state index is 0.0117. The fourth-order valence-corrected chi connectivity index (χ4v) is 4.38. The number of carbonyl (C=O) groups excluding carboxylic acids is 2. The molecule has 2 aromatic carbocycles. The number of alkyl halides is 3. The predicted molar refractivity (Wildman–Crippen MR) is 134 cm³/mol. The van der Waals surface area contributed by atoms with Gasteiger partial charge in [0.15, 0.2) is 0 Å². The molecule has 3 atom stereocenters. The molecule has 4 rings (SSSR count). The fraction of sp³-hybridized carbons (Fsp3) is 0.217. The SMILES string of the molecule is [N-]=[N+]=N[C@]1(CI)O[C@@H](n2ccc(NC(=O)c3ccccc3)nc2=O)C(F)(F)[C@@H]1OC(=O)c1ccccc1. The van der Waals surface area contributed by atoms with Crippen LogP contribution in [0.25, 0.3) is 10.4 Å². The molecular formula is C23H17F2IN6O5. The van der Waals surface area contributed by atoms with E-state index >= 15 is 8.78 Å². The van der Waals surface area contributed by atoms with Gasteiger partial charge in [0.05, 0.1) is 5.56 Å². The van der Waals surface area contributed by atoms with E-state index in [1.54, 1.807) is 59.0 Å². The van der Waals surface area contributed by atoms with Crippen molar-refractivity contribution >= 4 is 40.3 Å². The molecule has 37 heavy (non-hydrogen) atoms. The first-order valence-corrected chi connectivity index (χ1v) is 12.1. The van der Waals surface area contributed by atoms with Gasteiger partial charge in [-0.1, -0.05) is 64.1 Å². The van der Waals surface area contributed by atoms with E-state index in [0.29, 0.717) is 10.1 Å². The second kappa shape index (κ2) is 10.6. The van der Waals surface area contributed by atoms with Gasteiger partial charge in [0, 0.05) is 21.1 Å². The molecule has 1 aliphatic rings. The molecule has 11 nitrogen and oxygen atoms in total. The van der Waals surface area contributed by atoms with Gasteiger partial charge in [-0.3, -0.25) is 9.36 Å². The average Bonchev–Trinajstić information content (AvgIpc) is 3.12. The molecule has 190 valence electrons. The highest BCUT2D eigenvalue weighted by Gasteiger charge is 2.69. The van der Waals surface area contributed by atoms with Crippen molar-refractivity contribution in [3.63, 3.8) is 0 Å². The van der Waals surface area contributed by atoms with Crippen LogP contribution < -0.4 is 11.0 Å². The molecule has 1 aromatic heterocycles. The van der Waals surface area contributed by atoms with Crippen LogP contribution in [0.1, 0.15) is 26.9 Å². The summed E-state index contributed by atoms with van der Waals surface area (Å²) in [6, 6.07) is 16.6. The van der Waals surface area contributed by atoms with Crippen molar-refractivity contribution in [2.75, 3.05) is 9.74 Å². The molecular weight excluding hydrogens is 605 g/mol. The van der Waals surface area contributed by atoms with Crippen LogP contribution in [0.3, 0.4) is 0 Å². The Morgan fingerprint density at radius 2 is 1.76 bits per heavy atom. The maximum Gasteiger partial charge on any atom is 0.351 e. The van der Waals surface area contributed by atoms with Crippen LogP contribution in [0.5, 0.6) is 0 Å². The molecule has 1 amide bonds. The molecule has 0 spiro atoms. The zero-order chi connectivity index (χ0) is 26.6. The number of aromatic nitrogens is 2. The molecule has 2 heterocycles. The number of ether oxygens (including phenoxy) is 2. The van der Waals surface area contributed by atoms with Crippen LogP contribution >= 0.6 is 22.6 Å². The Balaban J connectivity index is 1.65. The van der Waals surface area contributed by atoms with Gasteiger partial charge in [0.2, 0.25) is 18.1 Å². The lowest BCUT2D eigenvalue weighted by Gasteiger charge is -2.28. The summed E-state index contributed by atoms with van der Waals surface area (Å²) in [6.45, 7) is 0. The first-order valence-electron chi connectivity index (χ1n) is 10.6. The van der Waals surface area contributed by atoms with Crippen molar-refractivity contribution < 1.29 is 27.8 Å². The van der Waals surface area contributed by atoms with Crippen molar-refractivity contribution in [1.82, 2.24) is 9.55 Å². The van der Waals surface area contributed by atoms with Gasteiger partial charge in [0.25, 0.3) is 5.91 Å². The summed E-state index contributed by atoms with van der Waals surface area (Å²) in [5.41, 5.74) is 5.83. The van der Waals surface area contributed by atoms with E-state index in [1.807, 2.05) is 0 Å². The van der Waals surface area contributed by atoms with Crippen molar-refractivity contribution in [3.8, 4) is 0 Å². The minimum Gasteiger partial charge on any atom is -0.449 e. The van der Waals surface area contributed by atoms with Crippen molar-refractivity contribution in [2.24, 2.45) is 5.11 Å². The quantitative estimate of drug-likeness (QED) is 0.104. The molecule has 3 aromatic rings. The third-order valence-electron chi connectivity index (χ3n) is 5.40. The van der Waals surface area contributed by atoms with Gasteiger partial charge < -0.3 is 14.8 Å². The van der Waals surface area contributed by atoms with E-state index < -0.39 is 41.5 Å². The highest BCUT2D eigenvalue weighted by molar-refractivity contribution is 14.1. The molecule has 0 saturated carbocycles. The lowest BCUT2D eigenvalue weighted by Crippen LogP contribution is -2.49. The Kier molecular flexibility index (Phi) is 7.52. The van der Waals surface area contributed by atoms with Gasteiger partial charge in [-0.05, 0) is 35.9 Å². The largest absolute Gasteiger partial charge is 0.449 e. The third kappa shape index (κ3) is 5.16. The number of hydrogen-bond acceptors (Lipinski definition) is 7. The first-order chi connectivity index (χ1) is 17.7. The highest BCUT2D eigenvalue weighted by Crippen LogP contribution is 2.51. The fourth-order valence-electron chi connectivity index (χ4n) is 3.64. The Bertz CT molecular complexity index is 1420. The van der Waals surface area contributed by atoms with E-state index in [4.69, 9.17) is 15.0 Å². The van der Waals surface area contributed by atoms with Crippen LogP contribution in [0.4, 0.5) is 14.6 Å². The number of rotatable bonds is 7. The molecule has 0 aliphatic carbocycles. The normalized spacial score (nSPS) is 22.0. The molecule has 14 heteroatoms. The van der Waals surface area contributed by atoms with Gasteiger partial charge >= 0.3 is 17.6 Å². The number of esters is 1. The zero-order valence-corrected chi connectivity index (χ0v) is 20.9. The second-order valence-corrected chi connectivity index (χ2v) is 8.55.